The molecule has 5 nitrogen and oxygen atoms in total. The number of fused-ring (bicyclic) bond motifs is 1. The Morgan fingerprint density at radius 3 is 2.59 bits per heavy atom. The van der Waals surface area contributed by atoms with Crippen LogP contribution < -0.4 is 10.5 Å². The first kappa shape index (κ1) is 18.4. The molecule has 148 valence electrons. The summed E-state index contributed by atoms with van der Waals surface area (Å²) in [5.41, 5.74) is 2.75. The number of hydrogen-bond donors (Lipinski definition) is 0. The van der Waals surface area contributed by atoms with Crippen molar-refractivity contribution >= 4 is 27.2 Å². The van der Waals surface area contributed by atoms with Crippen molar-refractivity contribution in [1.29, 1.82) is 0 Å². The number of rotatable bonds is 3. The fraction of sp³-hybridized carbons (Fsp3) is 0.391. The molecule has 0 spiro atoms. The highest BCUT2D eigenvalue weighted by molar-refractivity contribution is 7.19. The lowest BCUT2D eigenvalue weighted by Crippen LogP contribution is -2.31. The van der Waals surface area contributed by atoms with E-state index in [1.807, 2.05) is 18.2 Å². The first-order chi connectivity index (χ1) is 14.1. The molecule has 0 radical (unpaired) electrons. The zero-order chi connectivity index (χ0) is 20.0. The number of benzene rings is 1. The molecule has 0 N–H and O–H groups in total. The second kappa shape index (κ2) is 7.33. The van der Waals surface area contributed by atoms with Gasteiger partial charge in [-0.05, 0) is 63.7 Å². The number of nitrogens with zero attached hydrogens (tertiary/aromatic N) is 4. The third kappa shape index (κ3) is 3.68. The molecule has 1 aromatic carbocycles. The van der Waals surface area contributed by atoms with Crippen LogP contribution >= 0.6 is 11.3 Å². The Kier molecular flexibility index (Phi) is 4.65. The van der Waals surface area contributed by atoms with Gasteiger partial charge in [-0.15, -0.1) is 11.3 Å². The molecular formula is C23H24N4OS. The van der Waals surface area contributed by atoms with Crippen LogP contribution in [0.2, 0.25) is 0 Å². The molecule has 1 saturated heterocycles. The van der Waals surface area contributed by atoms with E-state index in [0.717, 1.165) is 29.2 Å². The lowest BCUT2D eigenvalue weighted by Gasteiger charge is -2.22. The minimum atomic E-state index is -0.0268. The molecular weight excluding hydrogens is 380 g/mol. The largest absolute Gasteiger partial charge is 0.370 e. The lowest BCUT2D eigenvalue weighted by molar-refractivity contribution is 0.315. The van der Waals surface area contributed by atoms with E-state index < -0.39 is 0 Å². The minimum absolute atomic E-state index is 0.0268. The van der Waals surface area contributed by atoms with Crippen molar-refractivity contribution in [2.24, 2.45) is 5.92 Å². The number of hydrogen-bond acceptors (Lipinski definition) is 5. The molecule has 2 fully saturated rings. The molecule has 29 heavy (non-hydrogen) atoms. The molecule has 1 aliphatic carbocycles. The maximum atomic E-state index is 13.0. The van der Waals surface area contributed by atoms with E-state index in [1.165, 1.54) is 36.3 Å². The zero-order valence-electron chi connectivity index (χ0n) is 16.8. The van der Waals surface area contributed by atoms with Gasteiger partial charge < -0.3 is 9.80 Å². The molecule has 1 saturated carbocycles. The van der Waals surface area contributed by atoms with Gasteiger partial charge in [0.05, 0.1) is 16.1 Å². The SMILES string of the molecule is CN(C)[C@@H]1CCN(c2ccc(-n3cnc4cc(C#CC5CC5)sc4c3=O)cc2)C1. The van der Waals surface area contributed by atoms with Crippen LogP contribution in [-0.4, -0.2) is 47.7 Å². The number of aromatic nitrogens is 2. The predicted octanol–water partition coefficient (Wildman–Crippen LogP) is 3.35. The van der Waals surface area contributed by atoms with Crippen molar-refractivity contribution in [3.8, 4) is 17.5 Å². The molecule has 0 bridgehead atoms. The van der Waals surface area contributed by atoms with Gasteiger partial charge in [0.1, 0.15) is 11.0 Å². The van der Waals surface area contributed by atoms with Crippen LogP contribution in [0.5, 0.6) is 0 Å². The van der Waals surface area contributed by atoms with Gasteiger partial charge in [-0.2, -0.15) is 0 Å². The summed E-state index contributed by atoms with van der Waals surface area (Å²) < 4.78 is 2.30. The molecule has 3 aromatic rings. The summed E-state index contributed by atoms with van der Waals surface area (Å²) in [5, 5.41) is 0. The van der Waals surface area contributed by atoms with E-state index in [2.05, 4.69) is 52.9 Å². The van der Waals surface area contributed by atoms with Crippen LogP contribution in [0.4, 0.5) is 5.69 Å². The first-order valence-corrected chi connectivity index (χ1v) is 10.9. The third-order valence-corrected chi connectivity index (χ3v) is 6.83. The Morgan fingerprint density at radius 2 is 1.90 bits per heavy atom. The Labute approximate surface area is 174 Å². The molecule has 3 heterocycles. The highest BCUT2D eigenvalue weighted by atomic mass is 32.1. The van der Waals surface area contributed by atoms with Gasteiger partial charge in [0.2, 0.25) is 0 Å². The Morgan fingerprint density at radius 1 is 1.14 bits per heavy atom. The van der Waals surface area contributed by atoms with Gasteiger partial charge >= 0.3 is 0 Å². The number of anilines is 1. The van der Waals surface area contributed by atoms with Crippen LogP contribution in [0, 0.1) is 17.8 Å². The summed E-state index contributed by atoms with van der Waals surface area (Å²) in [7, 11) is 4.28. The van der Waals surface area contributed by atoms with Crippen molar-refractivity contribution in [1.82, 2.24) is 14.5 Å². The van der Waals surface area contributed by atoms with Gasteiger partial charge in [0.15, 0.2) is 0 Å². The van der Waals surface area contributed by atoms with Crippen molar-refractivity contribution in [2.45, 2.75) is 25.3 Å². The quantitative estimate of drug-likeness (QED) is 0.628. The van der Waals surface area contributed by atoms with E-state index in [-0.39, 0.29) is 5.56 Å². The van der Waals surface area contributed by atoms with Gasteiger partial charge in [-0.3, -0.25) is 9.36 Å². The maximum Gasteiger partial charge on any atom is 0.275 e. The van der Waals surface area contributed by atoms with E-state index in [4.69, 9.17) is 0 Å². The smallest absolute Gasteiger partial charge is 0.275 e. The molecule has 5 rings (SSSR count). The Hall–Kier alpha value is -2.62. The van der Waals surface area contributed by atoms with Gasteiger partial charge in [-0.25, -0.2) is 4.98 Å². The van der Waals surface area contributed by atoms with E-state index in [0.29, 0.717) is 16.7 Å². The average molecular weight is 405 g/mol. The summed E-state index contributed by atoms with van der Waals surface area (Å²) in [4.78, 5) is 23.1. The summed E-state index contributed by atoms with van der Waals surface area (Å²) in [6.07, 6.45) is 5.21. The predicted molar refractivity (Wildman–Crippen MR) is 119 cm³/mol. The fourth-order valence-electron chi connectivity index (χ4n) is 3.78. The Balaban J connectivity index is 1.41. The molecule has 6 heteroatoms. The summed E-state index contributed by atoms with van der Waals surface area (Å²) >= 11 is 1.45. The third-order valence-electron chi connectivity index (χ3n) is 5.80. The van der Waals surface area contributed by atoms with Crippen LogP contribution in [0.15, 0.2) is 41.5 Å². The van der Waals surface area contributed by atoms with E-state index >= 15 is 0 Å². The van der Waals surface area contributed by atoms with Crippen LogP contribution in [0.3, 0.4) is 0 Å². The molecule has 1 aliphatic heterocycles. The van der Waals surface area contributed by atoms with Crippen molar-refractivity contribution < 1.29 is 0 Å². The second-order valence-corrected chi connectivity index (χ2v) is 9.21. The van der Waals surface area contributed by atoms with Gasteiger partial charge in [0.25, 0.3) is 5.56 Å². The summed E-state index contributed by atoms with van der Waals surface area (Å²) in [6.45, 7) is 2.11. The molecule has 2 aromatic heterocycles. The van der Waals surface area contributed by atoms with Crippen molar-refractivity contribution in [3.63, 3.8) is 0 Å². The first-order valence-electron chi connectivity index (χ1n) is 10.1. The fourth-order valence-corrected chi connectivity index (χ4v) is 4.68. The van der Waals surface area contributed by atoms with E-state index in [1.54, 1.807) is 10.9 Å². The maximum absolute atomic E-state index is 13.0. The topological polar surface area (TPSA) is 41.4 Å². The molecule has 2 aliphatic rings. The highest BCUT2D eigenvalue weighted by Crippen LogP contribution is 2.28. The Bertz CT molecular complexity index is 1160. The van der Waals surface area contributed by atoms with Crippen LogP contribution in [0.25, 0.3) is 15.9 Å². The van der Waals surface area contributed by atoms with Crippen LogP contribution in [0.1, 0.15) is 24.1 Å². The summed E-state index contributed by atoms with van der Waals surface area (Å²) in [6, 6.07) is 10.7. The minimum Gasteiger partial charge on any atom is -0.370 e. The number of likely N-dealkylation sites (N-methyl/N-ethyl adjacent to an activating group) is 1. The highest BCUT2D eigenvalue weighted by Gasteiger charge is 2.24. The van der Waals surface area contributed by atoms with Crippen molar-refractivity contribution in [2.75, 3.05) is 32.1 Å². The molecule has 1 atom stereocenters. The average Bonchev–Trinajstić information content (AvgIpc) is 3.25. The monoisotopic (exact) mass is 404 g/mol. The molecule has 0 amide bonds. The van der Waals surface area contributed by atoms with Gasteiger partial charge in [-0.1, -0.05) is 11.8 Å². The number of thiophene rings is 1. The van der Waals surface area contributed by atoms with Crippen molar-refractivity contribution in [3.05, 3.63) is 51.9 Å². The van der Waals surface area contributed by atoms with E-state index in [9.17, 15) is 4.79 Å². The normalized spacial score (nSPS) is 19.0. The van der Waals surface area contributed by atoms with Gasteiger partial charge in [0, 0.05) is 30.7 Å². The van der Waals surface area contributed by atoms with Crippen LogP contribution in [-0.2, 0) is 0 Å². The standard InChI is InChI=1S/C23H24N4OS/c1-25(2)19-11-12-26(14-19)17-6-8-18(9-7-17)27-15-24-21-13-20(10-5-16-3-4-16)29-22(21)23(27)28/h6-9,13,15-16,19H,3-4,11-12,14H2,1-2H3/t19-/m1/s1. The lowest BCUT2D eigenvalue weighted by atomic mass is 10.2. The second-order valence-electron chi connectivity index (χ2n) is 8.16. The summed E-state index contributed by atoms with van der Waals surface area (Å²) in [5.74, 6) is 7.01. The molecule has 0 unspecified atom stereocenters. The zero-order valence-corrected chi connectivity index (χ0v) is 17.6.